The van der Waals surface area contributed by atoms with Crippen LogP contribution in [0.25, 0.3) is 11.0 Å². The Labute approximate surface area is 170 Å². The Morgan fingerprint density at radius 2 is 1.93 bits per heavy atom. The number of piperidine rings is 1. The highest BCUT2D eigenvalue weighted by Crippen LogP contribution is 2.29. The van der Waals surface area contributed by atoms with Crippen LogP contribution in [0.5, 0.6) is 0 Å². The molecular formula is C23H26N2O4. The van der Waals surface area contributed by atoms with E-state index in [1.54, 1.807) is 12.3 Å². The number of carbonyl (C=O) groups is 2. The number of likely N-dealkylation sites (tertiary alicyclic amines) is 1. The van der Waals surface area contributed by atoms with E-state index in [0.717, 1.165) is 34.9 Å². The van der Waals surface area contributed by atoms with Gasteiger partial charge < -0.3 is 18.6 Å². The van der Waals surface area contributed by atoms with Crippen LogP contribution in [0.15, 0.2) is 41.1 Å². The first-order valence-corrected chi connectivity index (χ1v) is 9.98. The van der Waals surface area contributed by atoms with Crippen molar-refractivity contribution in [2.24, 2.45) is 0 Å². The van der Waals surface area contributed by atoms with Crippen LogP contribution in [0.1, 0.15) is 46.1 Å². The molecule has 1 amide bonds. The highest BCUT2D eigenvalue weighted by molar-refractivity contribution is 5.90. The lowest BCUT2D eigenvalue weighted by Gasteiger charge is -2.33. The molecule has 0 spiro atoms. The largest absolute Gasteiger partial charge is 0.464 e. The Morgan fingerprint density at radius 3 is 2.66 bits per heavy atom. The maximum absolute atomic E-state index is 12.9. The van der Waals surface area contributed by atoms with E-state index < -0.39 is 0 Å². The number of hydrogen-bond donors (Lipinski definition) is 0. The first kappa shape index (κ1) is 19.3. The van der Waals surface area contributed by atoms with Gasteiger partial charge in [-0.15, -0.1) is 0 Å². The number of benzene rings is 1. The van der Waals surface area contributed by atoms with Gasteiger partial charge in [-0.1, -0.05) is 12.1 Å². The van der Waals surface area contributed by atoms with Crippen LogP contribution in [-0.2, 0) is 16.0 Å². The number of methoxy groups -OCH3 is 1. The zero-order chi connectivity index (χ0) is 20.5. The minimum Gasteiger partial charge on any atom is -0.464 e. The number of fused-ring (bicyclic) bond motifs is 1. The summed E-state index contributed by atoms with van der Waals surface area (Å²) in [7, 11) is 1.39. The number of nitrogens with zero attached hydrogens (tertiary/aromatic N) is 2. The molecule has 3 heterocycles. The second-order valence-corrected chi connectivity index (χ2v) is 7.73. The molecule has 1 aliphatic heterocycles. The van der Waals surface area contributed by atoms with Crippen molar-refractivity contribution in [3.8, 4) is 0 Å². The number of aryl methyl sites for hydroxylation is 2. The molecule has 0 aliphatic carbocycles. The molecule has 0 bridgehead atoms. The van der Waals surface area contributed by atoms with E-state index >= 15 is 0 Å². The fraction of sp³-hybridized carbons (Fsp3) is 0.391. The minimum atomic E-state index is -0.328. The third kappa shape index (κ3) is 3.55. The number of rotatable bonds is 4. The van der Waals surface area contributed by atoms with Gasteiger partial charge in [0.05, 0.1) is 19.8 Å². The Hall–Kier alpha value is -3.02. The zero-order valence-electron chi connectivity index (χ0n) is 17.1. The summed E-state index contributed by atoms with van der Waals surface area (Å²) in [6, 6.07) is 7.94. The molecule has 0 saturated carbocycles. The molecule has 152 valence electrons. The van der Waals surface area contributed by atoms with E-state index in [-0.39, 0.29) is 17.9 Å². The lowest BCUT2D eigenvalue weighted by atomic mass is 10.0. The molecule has 0 radical (unpaired) electrons. The Morgan fingerprint density at radius 1 is 1.17 bits per heavy atom. The topological polar surface area (TPSA) is 64.7 Å². The van der Waals surface area contributed by atoms with Gasteiger partial charge in [-0.2, -0.15) is 0 Å². The summed E-state index contributed by atoms with van der Waals surface area (Å²) in [6.45, 7) is 5.45. The molecule has 6 nitrogen and oxygen atoms in total. The van der Waals surface area contributed by atoms with Crippen molar-refractivity contribution >= 4 is 22.8 Å². The smallest absolute Gasteiger partial charge is 0.354 e. The van der Waals surface area contributed by atoms with Gasteiger partial charge in [-0.25, -0.2) is 4.79 Å². The van der Waals surface area contributed by atoms with E-state index in [9.17, 15) is 9.59 Å². The summed E-state index contributed by atoms with van der Waals surface area (Å²) < 4.78 is 12.6. The highest BCUT2D eigenvalue weighted by atomic mass is 16.5. The second-order valence-electron chi connectivity index (χ2n) is 7.73. The predicted octanol–water partition coefficient (Wildman–Crippen LogP) is 4.04. The maximum Gasteiger partial charge on any atom is 0.354 e. The van der Waals surface area contributed by atoms with Gasteiger partial charge in [0.2, 0.25) is 5.91 Å². The van der Waals surface area contributed by atoms with Crippen molar-refractivity contribution < 1.29 is 18.7 Å². The molecule has 0 N–H and O–H groups in total. The molecule has 1 fully saturated rings. The summed E-state index contributed by atoms with van der Waals surface area (Å²) in [5.41, 5.74) is 4.68. The van der Waals surface area contributed by atoms with Gasteiger partial charge >= 0.3 is 5.97 Å². The first-order valence-electron chi connectivity index (χ1n) is 9.98. The molecule has 29 heavy (non-hydrogen) atoms. The summed E-state index contributed by atoms with van der Waals surface area (Å²) in [5.74, 6) is -0.212. The van der Waals surface area contributed by atoms with Crippen LogP contribution in [0, 0.1) is 13.8 Å². The fourth-order valence-electron chi connectivity index (χ4n) is 4.18. The Balaban J connectivity index is 1.42. The minimum absolute atomic E-state index is 0.116. The number of esters is 1. The zero-order valence-corrected chi connectivity index (χ0v) is 17.1. The van der Waals surface area contributed by atoms with E-state index in [1.165, 1.54) is 12.7 Å². The molecule has 0 atom stereocenters. The van der Waals surface area contributed by atoms with Gasteiger partial charge in [0.15, 0.2) is 0 Å². The van der Waals surface area contributed by atoms with Gasteiger partial charge in [0.25, 0.3) is 0 Å². The predicted molar refractivity (Wildman–Crippen MR) is 110 cm³/mol. The van der Waals surface area contributed by atoms with E-state index in [2.05, 4.69) is 13.0 Å². The van der Waals surface area contributed by atoms with Crippen LogP contribution >= 0.6 is 0 Å². The SMILES string of the molecule is COC(=O)c1cccn1C1CCN(C(=O)Cc2coc3c(C)c(C)ccc23)CC1. The average Bonchev–Trinajstić information content (AvgIpc) is 3.38. The number of hydrogen-bond acceptors (Lipinski definition) is 4. The summed E-state index contributed by atoms with van der Waals surface area (Å²) in [5, 5.41) is 1.02. The third-order valence-corrected chi connectivity index (χ3v) is 6.07. The van der Waals surface area contributed by atoms with Crippen molar-refractivity contribution in [1.82, 2.24) is 9.47 Å². The van der Waals surface area contributed by atoms with Crippen LogP contribution in [0.4, 0.5) is 0 Å². The molecule has 4 rings (SSSR count). The third-order valence-electron chi connectivity index (χ3n) is 6.07. The molecule has 1 aliphatic rings. The van der Waals surface area contributed by atoms with Crippen molar-refractivity contribution in [1.29, 1.82) is 0 Å². The lowest BCUT2D eigenvalue weighted by Crippen LogP contribution is -2.40. The molecule has 0 unspecified atom stereocenters. The second kappa shape index (κ2) is 7.78. The van der Waals surface area contributed by atoms with E-state index in [4.69, 9.17) is 9.15 Å². The quantitative estimate of drug-likeness (QED) is 0.627. The number of furan rings is 1. The van der Waals surface area contributed by atoms with Crippen LogP contribution < -0.4 is 0 Å². The molecule has 1 saturated heterocycles. The average molecular weight is 394 g/mol. The molecule has 3 aromatic rings. The molecule has 6 heteroatoms. The van der Waals surface area contributed by atoms with Crippen molar-refractivity contribution in [2.45, 2.75) is 39.2 Å². The maximum atomic E-state index is 12.9. The highest BCUT2D eigenvalue weighted by Gasteiger charge is 2.26. The molecular weight excluding hydrogens is 368 g/mol. The number of amides is 1. The molecule has 2 aromatic heterocycles. The van der Waals surface area contributed by atoms with Gasteiger partial charge in [-0.05, 0) is 49.9 Å². The van der Waals surface area contributed by atoms with Gasteiger partial charge in [0.1, 0.15) is 11.3 Å². The summed E-state index contributed by atoms with van der Waals surface area (Å²) in [6.07, 6.45) is 5.60. The van der Waals surface area contributed by atoms with Crippen molar-refractivity contribution in [3.05, 3.63) is 59.1 Å². The van der Waals surface area contributed by atoms with E-state index in [1.807, 2.05) is 34.7 Å². The monoisotopic (exact) mass is 394 g/mol. The number of ether oxygens (including phenoxy) is 1. The first-order chi connectivity index (χ1) is 14.0. The number of carbonyl (C=O) groups excluding carboxylic acids is 2. The van der Waals surface area contributed by atoms with E-state index in [0.29, 0.717) is 25.2 Å². The Kier molecular flexibility index (Phi) is 5.18. The van der Waals surface area contributed by atoms with Crippen molar-refractivity contribution in [2.75, 3.05) is 20.2 Å². The van der Waals surface area contributed by atoms with Crippen LogP contribution in [0.3, 0.4) is 0 Å². The van der Waals surface area contributed by atoms with Crippen LogP contribution in [0.2, 0.25) is 0 Å². The Bertz CT molecular complexity index is 1050. The lowest BCUT2D eigenvalue weighted by molar-refractivity contribution is -0.131. The van der Waals surface area contributed by atoms with Gasteiger partial charge in [-0.3, -0.25) is 4.79 Å². The molecule has 1 aromatic carbocycles. The fourth-order valence-corrected chi connectivity index (χ4v) is 4.18. The van der Waals surface area contributed by atoms with Crippen molar-refractivity contribution in [3.63, 3.8) is 0 Å². The number of aromatic nitrogens is 1. The van der Waals surface area contributed by atoms with Gasteiger partial charge in [0, 0.05) is 36.3 Å². The van der Waals surface area contributed by atoms with Crippen LogP contribution in [-0.4, -0.2) is 41.5 Å². The normalized spacial score (nSPS) is 15.1. The standard InChI is InChI=1S/C23H26N2O4/c1-15-6-7-19-17(14-29-22(19)16(15)2)13-21(26)24-11-8-18(9-12-24)25-10-4-5-20(25)23(27)28-3/h4-7,10,14,18H,8-9,11-13H2,1-3H3. The summed E-state index contributed by atoms with van der Waals surface area (Å²) in [4.78, 5) is 26.7. The summed E-state index contributed by atoms with van der Waals surface area (Å²) >= 11 is 0.